The number of piperidine rings is 1. The minimum atomic E-state index is 0.200. The molecule has 7 heteroatoms. The number of hydrogen-bond donors (Lipinski definition) is 0. The molecule has 25 heavy (non-hydrogen) atoms. The smallest absolute Gasteiger partial charge is 0.233 e. The van der Waals surface area contributed by atoms with Crippen molar-refractivity contribution in [2.24, 2.45) is 5.92 Å². The molecule has 1 aliphatic rings. The van der Waals surface area contributed by atoms with Crippen LogP contribution in [0, 0.1) is 5.92 Å². The Morgan fingerprint density at radius 1 is 1.40 bits per heavy atom. The van der Waals surface area contributed by atoms with Crippen molar-refractivity contribution >= 4 is 17.7 Å². The third-order valence-electron chi connectivity index (χ3n) is 4.42. The molecule has 1 fully saturated rings. The highest BCUT2D eigenvalue weighted by Gasteiger charge is 2.22. The summed E-state index contributed by atoms with van der Waals surface area (Å²) in [7, 11) is 0. The summed E-state index contributed by atoms with van der Waals surface area (Å²) in [6.07, 6.45) is 6.85. The Morgan fingerprint density at radius 2 is 2.28 bits per heavy atom. The molecule has 2 aromatic rings. The molecule has 0 saturated carbocycles. The molecule has 3 rings (SSSR count). The summed E-state index contributed by atoms with van der Waals surface area (Å²) < 4.78 is 2.09. The molecule has 0 spiro atoms. The first kappa shape index (κ1) is 17.9. The van der Waals surface area contributed by atoms with Crippen LogP contribution in [0.15, 0.2) is 29.7 Å². The van der Waals surface area contributed by atoms with Crippen molar-refractivity contribution in [3.05, 3.63) is 24.5 Å². The second kappa shape index (κ2) is 8.47. The van der Waals surface area contributed by atoms with Crippen LogP contribution in [0.1, 0.15) is 33.1 Å². The molecular formula is C18H25N5OS. The summed E-state index contributed by atoms with van der Waals surface area (Å²) >= 11 is 1.48. The van der Waals surface area contributed by atoms with Gasteiger partial charge in [0, 0.05) is 37.6 Å². The Balaban J connectivity index is 1.70. The third kappa shape index (κ3) is 4.39. The van der Waals surface area contributed by atoms with E-state index in [1.807, 2.05) is 17.0 Å². The lowest BCUT2D eigenvalue weighted by molar-refractivity contribution is -0.130. The normalized spacial score (nSPS) is 17.7. The number of aromatic nitrogens is 4. The molecule has 0 bridgehead atoms. The predicted octanol–water partition coefficient (Wildman–Crippen LogP) is 3.10. The van der Waals surface area contributed by atoms with E-state index in [0.29, 0.717) is 11.7 Å². The van der Waals surface area contributed by atoms with Crippen LogP contribution in [-0.4, -0.2) is 49.4 Å². The fraction of sp³-hybridized carbons (Fsp3) is 0.556. The van der Waals surface area contributed by atoms with Gasteiger partial charge in [-0.1, -0.05) is 25.6 Å². The number of rotatable bonds is 6. The number of hydrogen-bond acceptors (Lipinski definition) is 5. The topological polar surface area (TPSA) is 63.9 Å². The molecule has 1 aliphatic heterocycles. The average molecular weight is 359 g/mol. The van der Waals surface area contributed by atoms with Crippen LogP contribution in [0.2, 0.25) is 0 Å². The highest BCUT2D eigenvalue weighted by atomic mass is 32.2. The summed E-state index contributed by atoms with van der Waals surface area (Å²) in [6.45, 7) is 6.93. The van der Waals surface area contributed by atoms with E-state index in [1.165, 1.54) is 18.2 Å². The van der Waals surface area contributed by atoms with Crippen molar-refractivity contribution in [3.63, 3.8) is 0 Å². The lowest BCUT2D eigenvalue weighted by Gasteiger charge is -2.30. The Bertz CT molecular complexity index is 703. The molecule has 2 aromatic heterocycles. The number of thioether (sulfide) groups is 1. The zero-order valence-electron chi connectivity index (χ0n) is 14.9. The first-order valence-corrected chi connectivity index (χ1v) is 9.91. The van der Waals surface area contributed by atoms with Gasteiger partial charge in [0.2, 0.25) is 5.91 Å². The second-order valence-electron chi connectivity index (χ2n) is 6.58. The molecule has 6 nitrogen and oxygen atoms in total. The van der Waals surface area contributed by atoms with Crippen molar-refractivity contribution in [1.29, 1.82) is 0 Å². The molecule has 0 aromatic carbocycles. The van der Waals surface area contributed by atoms with Gasteiger partial charge in [-0.05, 0) is 37.3 Å². The minimum Gasteiger partial charge on any atom is -0.342 e. The molecule has 134 valence electrons. The van der Waals surface area contributed by atoms with Crippen molar-refractivity contribution in [2.45, 2.75) is 44.8 Å². The van der Waals surface area contributed by atoms with Crippen LogP contribution >= 0.6 is 11.8 Å². The molecule has 0 aliphatic carbocycles. The van der Waals surface area contributed by atoms with E-state index in [2.05, 4.69) is 33.6 Å². The monoisotopic (exact) mass is 359 g/mol. The van der Waals surface area contributed by atoms with Crippen LogP contribution in [0.5, 0.6) is 0 Å². The van der Waals surface area contributed by atoms with E-state index < -0.39 is 0 Å². The quantitative estimate of drug-likeness (QED) is 0.742. The first-order valence-electron chi connectivity index (χ1n) is 8.93. The Morgan fingerprint density at radius 3 is 3.00 bits per heavy atom. The number of carbonyl (C=O) groups excluding carboxylic acids is 1. The number of pyridine rings is 1. The summed E-state index contributed by atoms with van der Waals surface area (Å²) in [5.74, 6) is 2.03. The van der Waals surface area contributed by atoms with Gasteiger partial charge in [-0.25, -0.2) is 0 Å². The van der Waals surface area contributed by atoms with Crippen LogP contribution in [0.4, 0.5) is 0 Å². The molecule has 1 saturated heterocycles. The largest absolute Gasteiger partial charge is 0.342 e. The number of nitrogens with zero attached hydrogens (tertiary/aromatic N) is 5. The van der Waals surface area contributed by atoms with E-state index in [9.17, 15) is 4.79 Å². The predicted molar refractivity (Wildman–Crippen MR) is 99.2 cm³/mol. The zero-order chi connectivity index (χ0) is 17.6. The van der Waals surface area contributed by atoms with Gasteiger partial charge in [0.25, 0.3) is 0 Å². The lowest BCUT2D eigenvalue weighted by Crippen LogP contribution is -2.40. The van der Waals surface area contributed by atoms with E-state index in [-0.39, 0.29) is 5.91 Å². The molecule has 1 atom stereocenters. The standard InChI is InChI=1S/C18H25N5OS/c1-3-9-23-17(15-7-4-8-19-11-15)20-21-18(23)25-13-16(24)22-10-5-6-14(2)12-22/h4,7-8,11,14H,3,5-6,9-10,12-13H2,1-2H3/t14-/m1/s1. The van der Waals surface area contributed by atoms with Crippen molar-refractivity contribution in [3.8, 4) is 11.4 Å². The SMILES string of the molecule is CCCn1c(SCC(=O)N2CCC[C@@H](C)C2)nnc1-c1cccnc1. The second-order valence-corrected chi connectivity index (χ2v) is 7.52. The van der Waals surface area contributed by atoms with Crippen molar-refractivity contribution < 1.29 is 4.79 Å². The van der Waals surface area contributed by atoms with Crippen molar-refractivity contribution in [1.82, 2.24) is 24.6 Å². The van der Waals surface area contributed by atoms with Gasteiger partial charge >= 0.3 is 0 Å². The highest BCUT2D eigenvalue weighted by Crippen LogP contribution is 2.25. The molecular weight excluding hydrogens is 334 g/mol. The molecule has 3 heterocycles. The van der Waals surface area contributed by atoms with Crippen LogP contribution in [0.3, 0.4) is 0 Å². The maximum Gasteiger partial charge on any atom is 0.233 e. The highest BCUT2D eigenvalue weighted by molar-refractivity contribution is 7.99. The van der Waals surface area contributed by atoms with E-state index in [4.69, 9.17) is 0 Å². The fourth-order valence-corrected chi connectivity index (χ4v) is 4.03. The molecule has 0 N–H and O–H groups in total. The molecule has 0 radical (unpaired) electrons. The average Bonchev–Trinajstić information content (AvgIpc) is 3.03. The van der Waals surface area contributed by atoms with Gasteiger partial charge in [0.1, 0.15) is 0 Å². The van der Waals surface area contributed by atoms with Crippen LogP contribution < -0.4 is 0 Å². The van der Waals surface area contributed by atoms with Gasteiger partial charge in [0.05, 0.1) is 5.75 Å². The van der Waals surface area contributed by atoms with E-state index in [0.717, 1.165) is 49.0 Å². The van der Waals surface area contributed by atoms with Gasteiger partial charge in [0.15, 0.2) is 11.0 Å². The zero-order valence-corrected chi connectivity index (χ0v) is 15.7. The number of amides is 1. The minimum absolute atomic E-state index is 0.200. The Hall–Kier alpha value is -1.89. The van der Waals surface area contributed by atoms with Crippen molar-refractivity contribution in [2.75, 3.05) is 18.8 Å². The number of likely N-dealkylation sites (tertiary alicyclic amines) is 1. The summed E-state index contributed by atoms with van der Waals surface area (Å²) in [5, 5.41) is 9.46. The lowest BCUT2D eigenvalue weighted by atomic mass is 10.0. The number of carbonyl (C=O) groups is 1. The molecule has 1 amide bonds. The van der Waals surface area contributed by atoms with Gasteiger partial charge in [-0.15, -0.1) is 10.2 Å². The van der Waals surface area contributed by atoms with Crippen LogP contribution in [0.25, 0.3) is 11.4 Å². The Labute approximate surface area is 153 Å². The Kier molecular flexibility index (Phi) is 6.07. The fourth-order valence-electron chi connectivity index (χ4n) is 3.16. The van der Waals surface area contributed by atoms with E-state index in [1.54, 1.807) is 12.4 Å². The summed E-state index contributed by atoms with van der Waals surface area (Å²) in [5.41, 5.74) is 0.950. The first-order chi connectivity index (χ1) is 12.2. The van der Waals surface area contributed by atoms with Gasteiger partial charge < -0.3 is 9.47 Å². The van der Waals surface area contributed by atoms with Gasteiger partial charge in [-0.2, -0.15) is 0 Å². The molecule has 0 unspecified atom stereocenters. The van der Waals surface area contributed by atoms with Gasteiger partial charge in [-0.3, -0.25) is 9.78 Å². The summed E-state index contributed by atoms with van der Waals surface area (Å²) in [6, 6.07) is 3.88. The van der Waals surface area contributed by atoms with E-state index >= 15 is 0 Å². The maximum absolute atomic E-state index is 12.5. The summed E-state index contributed by atoms with van der Waals surface area (Å²) in [4.78, 5) is 18.7. The van der Waals surface area contributed by atoms with Crippen LogP contribution in [-0.2, 0) is 11.3 Å². The maximum atomic E-state index is 12.5. The third-order valence-corrected chi connectivity index (χ3v) is 5.37.